The molecule has 1 aromatic heterocycles. The van der Waals surface area contributed by atoms with Gasteiger partial charge in [-0.25, -0.2) is 0 Å². The molecule has 0 aromatic carbocycles. The molecule has 3 rings (SSSR count). The molecule has 0 aliphatic heterocycles. The monoisotopic (exact) mass is 264 g/mol. The summed E-state index contributed by atoms with van der Waals surface area (Å²) in [5.41, 5.74) is 0. The number of fused-ring (bicyclic) bond motifs is 2. The molecule has 19 heavy (non-hydrogen) atoms. The van der Waals surface area contributed by atoms with Gasteiger partial charge in [-0.05, 0) is 44.9 Å². The molecule has 2 aliphatic carbocycles. The van der Waals surface area contributed by atoms with E-state index in [2.05, 4.69) is 10.1 Å². The topological polar surface area (TPSA) is 65.2 Å². The van der Waals surface area contributed by atoms with Gasteiger partial charge in [-0.2, -0.15) is 4.98 Å². The molecule has 0 spiro atoms. The van der Waals surface area contributed by atoms with Crippen LogP contribution >= 0.6 is 0 Å². The molecule has 0 saturated heterocycles. The third-order valence-corrected chi connectivity index (χ3v) is 4.54. The van der Waals surface area contributed by atoms with Gasteiger partial charge in [0.15, 0.2) is 5.82 Å². The van der Waals surface area contributed by atoms with Crippen molar-refractivity contribution in [2.45, 2.75) is 51.4 Å². The van der Waals surface area contributed by atoms with Crippen molar-refractivity contribution in [1.82, 2.24) is 10.1 Å². The van der Waals surface area contributed by atoms with Gasteiger partial charge in [-0.1, -0.05) is 11.6 Å². The number of hydrogen-bond donors (Lipinski definition) is 0. The van der Waals surface area contributed by atoms with Gasteiger partial charge < -0.3 is 9.26 Å². The van der Waals surface area contributed by atoms with Crippen molar-refractivity contribution in [2.75, 3.05) is 6.61 Å². The Balaban J connectivity index is 1.71. The molecule has 1 heterocycles. The standard InChI is InChI=1S/C14H20N2O3/c1-3-18-14(17)8(2)13-15-12(16-19-13)11-7-9-4-5-10(11)6-9/h8-11H,3-7H2,1-2H3. The average Bonchev–Trinajstić information content (AvgIpc) is 3.13. The van der Waals surface area contributed by atoms with Gasteiger partial charge in [-0.15, -0.1) is 0 Å². The van der Waals surface area contributed by atoms with Crippen molar-refractivity contribution in [3.8, 4) is 0 Å². The Kier molecular flexibility index (Phi) is 3.29. The van der Waals surface area contributed by atoms with Crippen LogP contribution in [0, 0.1) is 11.8 Å². The van der Waals surface area contributed by atoms with Crippen molar-refractivity contribution >= 4 is 5.97 Å². The zero-order valence-corrected chi connectivity index (χ0v) is 11.5. The number of hydrogen-bond acceptors (Lipinski definition) is 5. The second-order valence-corrected chi connectivity index (χ2v) is 5.75. The second kappa shape index (κ2) is 4.94. The summed E-state index contributed by atoms with van der Waals surface area (Å²) in [6, 6.07) is 0. The molecule has 4 atom stereocenters. The number of esters is 1. The van der Waals surface area contributed by atoms with E-state index < -0.39 is 5.92 Å². The number of aromatic nitrogens is 2. The Hall–Kier alpha value is -1.39. The van der Waals surface area contributed by atoms with Crippen molar-refractivity contribution in [3.05, 3.63) is 11.7 Å². The normalized spacial score (nSPS) is 30.5. The highest BCUT2D eigenvalue weighted by molar-refractivity contribution is 5.76. The van der Waals surface area contributed by atoms with Crippen molar-refractivity contribution in [1.29, 1.82) is 0 Å². The fourth-order valence-electron chi connectivity index (χ4n) is 3.50. The van der Waals surface area contributed by atoms with Crippen LogP contribution in [-0.2, 0) is 9.53 Å². The molecule has 4 unspecified atom stereocenters. The maximum atomic E-state index is 11.7. The molecule has 2 aliphatic rings. The number of ether oxygens (including phenoxy) is 1. The van der Waals surface area contributed by atoms with E-state index in [1.807, 2.05) is 0 Å². The van der Waals surface area contributed by atoms with Crippen LogP contribution in [0.25, 0.3) is 0 Å². The van der Waals surface area contributed by atoms with Gasteiger partial charge in [-0.3, -0.25) is 4.79 Å². The highest BCUT2D eigenvalue weighted by atomic mass is 16.5. The quantitative estimate of drug-likeness (QED) is 0.782. The van der Waals surface area contributed by atoms with Crippen LogP contribution in [0.2, 0.25) is 0 Å². The summed E-state index contributed by atoms with van der Waals surface area (Å²) >= 11 is 0. The van der Waals surface area contributed by atoms with Gasteiger partial charge in [0.25, 0.3) is 0 Å². The third kappa shape index (κ3) is 2.26. The van der Waals surface area contributed by atoms with E-state index in [1.165, 1.54) is 25.7 Å². The summed E-state index contributed by atoms with van der Waals surface area (Å²) < 4.78 is 10.2. The molecule has 5 nitrogen and oxygen atoms in total. The summed E-state index contributed by atoms with van der Waals surface area (Å²) in [6.07, 6.45) is 5.12. The predicted molar refractivity (Wildman–Crippen MR) is 67.5 cm³/mol. The lowest BCUT2D eigenvalue weighted by atomic mass is 9.88. The highest BCUT2D eigenvalue weighted by Crippen LogP contribution is 2.52. The van der Waals surface area contributed by atoms with E-state index in [9.17, 15) is 4.79 Å². The fourth-order valence-corrected chi connectivity index (χ4v) is 3.50. The summed E-state index contributed by atoms with van der Waals surface area (Å²) in [7, 11) is 0. The lowest BCUT2D eigenvalue weighted by molar-refractivity contribution is -0.145. The Morgan fingerprint density at radius 3 is 2.95 bits per heavy atom. The van der Waals surface area contributed by atoms with E-state index in [1.54, 1.807) is 13.8 Å². The molecule has 0 amide bonds. The maximum absolute atomic E-state index is 11.7. The molecule has 2 bridgehead atoms. The van der Waals surface area contributed by atoms with Crippen LogP contribution in [-0.4, -0.2) is 22.7 Å². The van der Waals surface area contributed by atoms with Gasteiger partial charge in [0.05, 0.1) is 6.61 Å². The zero-order chi connectivity index (χ0) is 13.4. The number of carbonyl (C=O) groups is 1. The lowest BCUT2D eigenvalue weighted by Crippen LogP contribution is -2.14. The van der Waals surface area contributed by atoms with Crippen molar-refractivity contribution in [2.24, 2.45) is 11.8 Å². The molecule has 0 radical (unpaired) electrons. The van der Waals surface area contributed by atoms with E-state index in [4.69, 9.17) is 9.26 Å². The molecular weight excluding hydrogens is 244 g/mol. The van der Waals surface area contributed by atoms with E-state index in [-0.39, 0.29) is 5.97 Å². The lowest BCUT2D eigenvalue weighted by Gasteiger charge is -2.17. The molecule has 2 saturated carbocycles. The summed E-state index contributed by atoms with van der Waals surface area (Å²) in [4.78, 5) is 16.1. The summed E-state index contributed by atoms with van der Waals surface area (Å²) in [6.45, 7) is 3.91. The molecule has 0 N–H and O–H groups in total. The van der Waals surface area contributed by atoms with E-state index in [0.717, 1.165) is 11.7 Å². The average molecular weight is 264 g/mol. The van der Waals surface area contributed by atoms with Gasteiger partial charge in [0, 0.05) is 5.92 Å². The minimum atomic E-state index is -0.472. The zero-order valence-electron chi connectivity index (χ0n) is 11.5. The summed E-state index contributed by atoms with van der Waals surface area (Å²) in [5, 5.41) is 4.09. The molecular formula is C14H20N2O3. The van der Waals surface area contributed by atoms with Gasteiger partial charge in [0.2, 0.25) is 5.89 Å². The first-order chi connectivity index (χ1) is 9.19. The van der Waals surface area contributed by atoms with Crippen LogP contribution in [0.1, 0.15) is 63.1 Å². The molecule has 5 heteroatoms. The van der Waals surface area contributed by atoms with Crippen LogP contribution in [0.3, 0.4) is 0 Å². The van der Waals surface area contributed by atoms with E-state index in [0.29, 0.717) is 24.3 Å². The summed E-state index contributed by atoms with van der Waals surface area (Å²) in [5.74, 6) is 2.40. The first-order valence-corrected chi connectivity index (χ1v) is 7.19. The maximum Gasteiger partial charge on any atom is 0.318 e. The second-order valence-electron chi connectivity index (χ2n) is 5.75. The minimum absolute atomic E-state index is 0.300. The largest absolute Gasteiger partial charge is 0.465 e. The van der Waals surface area contributed by atoms with Crippen molar-refractivity contribution in [3.63, 3.8) is 0 Å². The van der Waals surface area contributed by atoms with Crippen LogP contribution < -0.4 is 0 Å². The number of rotatable bonds is 4. The Labute approximate surface area is 112 Å². The van der Waals surface area contributed by atoms with Crippen LogP contribution in [0.15, 0.2) is 4.52 Å². The van der Waals surface area contributed by atoms with Gasteiger partial charge in [0.1, 0.15) is 5.92 Å². The van der Waals surface area contributed by atoms with Crippen LogP contribution in [0.4, 0.5) is 0 Å². The molecule has 104 valence electrons. The predicted octanol–water partition coefficient (Wildman–Crippen LogP) is 2.64. The first kappa shape index (κ1) is 12.6. The fraction of sp³-hybridized carbons (Fsp3) is 0.786. The van der Waals surface area contributed by atoms with E-state index >= 15 is 0 Å². The molecule has 1 aromatic rings. The smallest absolute Gasteiger partial charge is 0.318 e. The molecule has 2 fully saturated rings. The number of nitrogens with zero attached hydrogens (tertiary/aromatic N) is 2. The Morgan fingerprint density at radius 1 is 1.47 bits per heavy atom. The highest BCUT2D eigenvalue weighted by Gasteiger charge is 2.42. The number of carbonyl (C=O) groups excluding carboxylic acids is 1. The van der Waals surface area contributed by atoms with Gasteiger partial charge >= 0.3 is 5.97 Å². The Morgan fingerprint density at radius 2 is 2.32 bits per heavy atom. The third-order valence-electron chi connectivity index (χ3n) is 4.54. The van der Waals surface area contributed by atoms with Crippen LogP contribution in [0.5, 0.6) is 0 Å². The SMILES string of the molecule is CCOC(=O)C(C)c1nc(C2CC3CCC2C3)no1. The van der Waals surface area contributed by atoms with Crippen molar-refractivity contribution < 1.29 is 14.1 Å². The first-order valence-electron chi connectivity index (χ1n) is 7.19. The Bertz CT molecular complexity index is 471. The minimum Gasteiger partial charge on any atom is -0.465 e.